The fraction of sp³-hybridized carbons (Fsp3) is 0.588. The number of hydrogen-bond donors (Lipinski definition) is 0. The van der Waals surface area contributed by atoms with Crippen molar-refractivity contribution in [3.63, 3.8) is 0 Å². The second-order valence-corrected chi connectivity index (χ2v) is 7.66. The zero-order valence-electron chi connectivity index (χ0n) is 11.2. The van der Waals surface area contributed by atoms with Crippen molar-refractivity contribution >= 4 is 17.5 Å². The fourth-order valence-electron chi connectivity index (χ4n) is 4.73. The third kappa shape index (κ3) is 1.65. The molecule has 1 nitrogen and oxygen atoms in total. The predicted molar refractivity (Wildman–Crippen MR) is 79.4 cm³/mol. The van der Waals surface area contributed by atoms with Gasteiger partial charge in [0.2, 0.25) is 0 Å². The van der Waals surface area contributed by atoms with Gasteiger partial charge in [0, 0.05) is 28.8 Å². The van der Waals surface area contributed by atoms with Crippen LogP contribution in [0.3, 0.4) is 0 Å². The summed E-state index contributed by atoms with van der Waals surface area (Å²) in [6, 6.07) is 10.9. The molecule has 0 amide bonds. The van der Waals surface area contributed by atoms with Crippen molar-refractivity contribution in [2.45, 2.75) is 42.8 Å². The van der Waals surface area contributed by atoms with E-state index in [0.717, 1.165) is 23.8 Å². The first-order valence-electron chi connectivity index (χ1n) is 7.51. The smallest absolute Gasteiger partial charge is 0.137 e. The Kier molecular flexibility index (Phi) is 2.77. The van der Waals surface area contributed by atoms with Crippen LogP contribution in [0.4, 0.5) is 0 Å². The predicted octanol–water partition coefficient (Wildman–Crippen LogP) is 3.82. The van der Waals surface area contributed by atoms with Gasteiger partial charge >= 0.3 is 0 Å². The lowest BCUT2D eigenvalue weighted by Crippen LogP contribution is -2.34. The second kappa shape index (κ2) is 4.37. The van der Waals surface area contributed by atoms with E-state index in [-0.39, 0.29) is 5.41 Å². The molecule has 2 aliphatic carbocycles. The molecule has 2 heteroatoms. The van der Waals surface area contributed by atoms with E-state index < -0.39 is 0 Å². The van der Waals surface area contributed by atoms with Crippen LogP contribution in [0, 0.1) is 11.8 Å². The Morgan fingerprint density at radius 2 is 1.89 bits per heavy atom. The molecule has 1 saturated heterocycles. The van der Waals surface area contributed by atoms with Gasteiger partial charge < -0.3 is 0 Å². The highest BCUT2D eigenvalue weighted by atomic mass is 32.2. The summed E-state index contributed by atoms with van der Waals surface area (Å²) in [7, 11) is 0. The first-order valence-corrected chi connectivity index (χ1v) is 8.56. The molecule has 4 atom stereocenters. The highest BCUT2D eigenvalue weighted by Crippen LogP contribution is 2.60. The van der Waals surface area contributed by atoms with E-state index in [1.165, 1.54) is 24.8 Å². The average Bonchev–Trinajstić information content (AvgIpc) is 2.82. The Hall–Kier alpha value is -0.760. The topological polar surface area (TPSA) is 17.1 Å². The van der Waals surface area contributed by atoms with Gasteiger partial charge in [0.25, 0.3) is 0 Å². The molecule has 1 aromatic carbocycles. The van der Waals surface area contributed by atoms with Crippen LogP contribution in [0.5, 0.6) is 0 Å². The molecule has 3 fully saturated rings. The molecule has 0 bridgehead atoms. The highest BCUT2D eigenvalue weighted by molar-refractivity contribution is 8.00. The van der Waals surface area contributed by atoms with Gasteiger partial charge in [-0.1, -0.05) is 43.2 Å². The van der Waals surface area contributed by atoms with E-state index in [1.807, 2.05) is 0 Å². The third-order valence-electron chi connectivity index (χ3n) is 5.53. The van der Waals surface area contributed by atoms with Crippen molar-refractivity contribution in [3.05, 3.63) is 35.9 Å². The average molecular weight is 272 g/mol. The minimum Gasteiger partial charge on any atom is -0.299 e. The quantitative estimate of drug-likeness (QED) is 0.773. The Balaban J connectivity index is 1.82. The molecule has 100 valence electrons. The SMILES string of the molecule is O=C1C[C@@]2(c3ccccc3)CS[C@@H]3CCCC[C@@H]1[C@H]32. The van der Waals surface area contributed by atoms with Crippen LogP contribution in [-0.4, -0.2) is 16.8 Å². The largest absolute Gasteiger partial charge is 0.299 e. The van der Waals surface area contributed by atoms with Crippen molar-refractivity contribution in [2.24, 2.45) is 11.8 Å². The summed E-state index contributed by atoms with van der Waals surface area (Å²) in [6.45, 7) is 0. The van der Waals surface area contributed by atoms with Crippen molar-refractivity contribution in [2.75, 3.05) is 5.75 Å². The molecule has 2 saturated carbocycles. The lowest BCUT2D eigenvalue weighted by Gasteiger charge is -2.31. The molecule has 1 aliphatic heterocycles. The standard InChI is InChI=1S/C17H20OS/c18-14-10-17(12-6-2-1-3-7-12)11-19-15-9-5-4-8-13(14)16(15)17/h1-3,6-7,13,15-16H,4-5,8-11H2/t13-,15+,16+,17-/m0/s1. The van der Waals surface area contributed by atoms with Crippen LogP contribution in [0.2, 0.25) is 0 Å². The number of carbonyl (C=O) groups is 1. The fourth-order valence-corrected chi connectivity index (χ4v) is 6.69. The summed E-state index contributed by atoms with van der Waals surface area (Å²) >= 11 is 2.15. The van der Waals surface area contributed by atoms with Crippen LogP contribution in [0.25, 0.3) is 0 Å². The summed E-state index contributed by atoms with van der Waals surface area (Å²) < 4.78 is 0. The Labute approximate surface area is 119 Å². The van der Waals surface area contributed by atoms with E-state index in [0.29, 0.717) is 17.6 Å². The Bertz CT molecular complexity index is 497. The molecule has 0 unspecified atom stereocenters. The number of thioether (sulfide) groups is 1. The van der Waals surface area contributed by atoms with E-state index >= 15 is 0 Å². The van der Waals surface area contributed by atoms with Gasteiger partial charge in [0.15, 0.2) is 0 Å². The van der Waals surface area contributed by atoms with Crippen molar-refractivity contribution in [1.29, 1.82) is 0 Å². The summed E-state index contributed by atoms with van der Waals surface area (Å²) in [4.78, 5) is 12.5. The van der Waals surface area contributed by atoms with Gasteiger partial charge in [0.1, 0.15) is 5.78 Å². The zero-order chi connectivity index (χ0) is 12.9. The van der Waals surface area contributed by atoms with Crippen LogP contribution in [-0.2, 0) is 10.2 Å². The summed E-state index contributed by atoms with van der Waals surface area (Å²) in [5, 5.41) is 0.735. The van der Waals surface area contributed by atoms with E-state index in [1.54, 1.807) is 0 Å². The van der Waals surface area contributed by atoms with Crippen molar-refractivity contribution in [3.8, 4) is 0 Å². The molecule has 19 heavy (non-hydrogen) atoms. The molecule has 4 rings (SSSR count). The number of carbonyl (C=O) groups excluding carboxylic acids is 1. The van der Waals surface area contributed by atoms with Crippen molar-refractivity contribution < 1.29 is 4.79 Å². The molecule has 0 spiro atoms. The zero-order valence-corrected chi connectivity index (χ0v) is 12.0. The van der Waals surface area contributed by atoms with Gasteiger partial charge in [-0.15, -0.1) is 0 Å². The second-order valence-electron chi connectivity index (χ2n) is 6.43. The van der Waals surface area contributed by atoms with Gasteiger partial charge in [-0.05, 0) is 24.3 Å². The van der Waals surface area contributed by atoms with E-state index in [2.05, 4.69) is 42.1 Å². The third-order valence-corrected chi connectivity index (χ3v) is 7.17. The van der Waals surface area contributed by atoms with E-state index in [9.17, 15) is 4.79 Å². The number of benzene rings is 1. The van der Waals surface area contributed by atoms with Gasteiger partial charge in [-0.3, -0.25) is 4.79 Å². The Morgan fingerprint density at radius 1 is 1.11 bits per heavy atom. The maximum atomic E-state index is 12.5. The molecule has 1 aromatic rings. The summed E-state index contributed by atoms with van der Waals surface area (Å²) in [5.74, 6) is 2.70. The highest BCUT2D eigenvalue weighted by Gasteiger charge is 2.60. The minimum absolute atomic E-state index is 0.169. The number of rotatable bonds is 1. The van der Waals surface area contributed by atoms with E-state index in [4.69, 9.17) is 0 Å². The molecular formula is C17H20OS. The van der Waals surface area contributed by atoms with Crippen molar-refractivity contribution in [1.82, 2.24) is 0 Å². The molecule has 3 aliphatic rings. The maximum Gasteiger partial charge on any atom is 0.137 e. The molecule has 0 radical (unpaired) electrons. The van der Waals surface area contributed by atoms with Crippen LogP contribution in [0.1, 0.15) is 37.7 Å². The maximum absolute atomic E-state index is 12.5. The number of hydrogen-bond acceptors (Lipinski definition) is 2. The lowest BCUT2D eigenvalue weighted by atomic mass is 9.70. The summed E-state index contributed by atoms with van der Waals surface area (Å²) in [6.07, 6.45) is 5.86. The monoisotopic (exact) mass is 272 g/mol. The Morgan fingerprint density at radius 3 is 2.74 bits per heavy atom. The molecule has 0 N–H and O–H groups in total. The van der Waals surface area contributed by atoms with Crippen LogP contribution >= 0.6 is 11.8 Å². The minimum atomic E-state index is 0.169. The van der Waals surface area contributed by atoms with Gasteiger partial charge in [-0.25, -0.2) is 0 Å². The lowest BCUT2D eigenvalue weighted by molar-refractivity contribution is -0.121. The molecular weight excluding hydrogens is 252 g/mol. The van der Waals surface area contributed by atoms with Gasteiger partial charge in [-0.2, -0.15) is 11.8 Å². The normalized spacial score (nSPS) is 41.1. The number of Topliss-reactive ketones (excluding diaryl/α,β-unsaturated/α-hetero) is 1. The first kappa shape index (κ1) is 12.0. The number of ketones is 1. The molecule has 1 heterocycles. The van der Waals surface area contributed by atoms with Gasteiger partial charge in [0.05, 0.1) is 0 Å². The molecule has 0 aromatic heterocycles. The van der Waals surface area contributed by atoms with Crippen LogP contribution < -0.4 is 0 Å². The summed E-state index contributed by atoms with van der Waals surface area (Å²) in [5.41, 5.74) is 1.59. The first-order chi connectivity index (χ1) is 9.31. The van der Waals surface area contributed by atoms with Crippen LogP contribution in [0.15, 0.2) is 30.3 Å².